The topological polar surface area (TPSA) is 128 Å². The maximum Gasteiger partial charge on any atom is 0.338 e. The van der Waals surface area contributed by atoms with E-state index < -0.39 is 12.6 Å². The number of anilines is 1. The van der Waals surface area contributed by atoms with Crippen LogP contribution in [0.2, 0.25) is 5.02 Å². The molecule has 5 aromatic rings. The number of benzene rings is 1. The van der Waals surface area contributed by atoms with Crippen molar-refractivity contribution in [2.24, 2.45) is 0 Å². The molecule has 1 N–H and O–H groups in total. The summed E-state index contributed by atoms with van der Waals surface area (Å²) >= 11 is 7.69. The van der Waals surface area contributed by atoms with Crippen LogP contribution >= 0.6 is 22.9 Å². The van der Waals surface area contributed by atoms with Gasteiger partial charge in [-0.2, -0.15) is 5.26 Å². The fourth-order valence-electron chi connectivity index (χ4n) is 7.92. The number of pyridine rings is 2. The quantitative estimate of drug-likeness (QED) is 0.181. The van der Waals surface area contributed by atoms with Gasteiger partial charge in [0.1, 0.15) is 29.9 Å². The molecular formula is C37H33ClFN7O3S. The molecule has 0 radical (unpaired) electrons. The van der Waals surface area contributed by atoms with Crippen LogP contribution < -0.4 is 10.5 Å². The molecule has 7 rings (SSSR count). The molecule has 10 nitrogen and oxygen atoms in total. The summed E-state index contributed by atoms with van der Waals surface area (Å²) in [6.45, 7) is 1.72. The van der Waals surface area contributed by atoms with E-state index in [0.29, 0.717) is 50.1 Å². The zero-order valence-electron chi connectivity index (χ0n) is 27.8. The Kier molecular flexibility index (Phi) is 8.59. The lowest BCUT2D eigenvalue weighted by atomic mass is 9.89. The molecule has 254 valence electrons. The predicted molar refractivity (Wildman–Crippen MR) is 193 cm³/mol. The van der Waals surface area contributed by atoms with E-state index in [0.717, 1.165) is 37.7 Å². The summed E-state index contributed by atoms with van der Waals surface area (Å²) in [6.07, 6.45) is 7.62. The SMILES string of the molecule is Cc1nc2cnc(N(C)C34CCC(N(C)CCF)(CC3)C4)c(C#N)c2c(=O)n1CC#Cc1ccc(Cl)cc1-c1ccnc2c(C(=O)O)csc12. The minimum atomic E-state index is -1.05. The first-order valence-electron chi connectivity index (χ1n) is 16.2. The molecule has 4 heterocycles. The number of carboxylic acid groups (broad SMARTS) is 1. The number of aromatic nitrogens is 4. The minimum Gasteiger partial charge on any atom is -0.478 e. The van der Waals surface area contributed by atoms with E-state index >= 15 is 0 Å². The summed E-state index contributed by atoms with van der Waals surface area (Å²) in [5.41, 5.74) is 2.43. The van der Waals surface area contributed by atoms with Gasteiger partial charge in [0.25, 0.3) is 5.56 Å². The average molecular weight is 710 g/mol. The monoisotopic (exact) mass is 709 g/mol. The summed E-state index contributed by atoms with van der Waals surface area (Å²) in [6, 6.07) is 9.35. The average Bonchev–Trinajstić information content (AvgIpc) is 3.83. The highest BCUT2D eigenvalue weighted by atomic mass is 35.5. The molecule has 0 amide bonds. The smallest absolute Gasteiger partial charge is 0.338 e. The zero-order valence-corrected chi connectivity index (χ0v) is 29.3. The van der Waals surface area contributed by atoms with Crippen molar-refractivity contribution >= 4 is 55.8 Å². The molecule has 2 aliphatic carbocycles. The molecule has 2 saturated carbocycles. The number of fused-ring (bicyclic) bond motifs is 4. The van der Waals surface area contributed by atoms with Crippen molar-refractivity contribution in [3.63, 3.8) is 0 Å². The normalized spacial score (nSPS) is 19.5. The fourth-order valence-corrected chi connectivity index (χ4v) is 9.12. The third-order valence-corrected chi connectivity index (χ3v) is 12.0. The second-order valence-corrected chi connectivity index (χ2v) is 14.5. The number of thiophene rings is 1. The van der Waals surface area contributed by atoms with E-state index in [2.05, 4.69) is 42.7 Å². The van der Waals surface area contributed by atoms with Gasteiger partial charge in [-0.1, -0.05) is 23.4 Å². The molecule has 0 unspecified atom stereocenters. The standard InChI is InChI=1S/C37H33ClFN7O3S/c1-22-43-29-19-42-33(45(3)37-11-9-36(21-37,10-12-37)44(2)16-13-39)27(18-40)30(29)34(47)46(22)15-4-5-23-6-7-24(38)17-26(23)25-8-14-41-31-28(35(48)49)20-50-32(25)31/h6-8,14,17,19-20H,9-13,15-16,21H2,1-3H3,(H,48,49). The third-order valence-electron chi connectivity index (χ3n) is 10.7. The first kappa shape index (κ1) is 33.6. The summed E-state index contributed by atoms with van der Waals surface area (Å²) in [4.78, 5) is 43.7. The van der Waals surface area contributed by atoms with Crippen molar-refractivity contribution in [2.75, 3.05) is 32.2 Å². The Balaban J connectivity index is 1.24. The zero-order chi connectivity index (χ0) is 35.4. The van der Waals surface area contributed by atoms with Gasteiger partial charge in [-0.3, -0.25) is 19.2 Å². The Hall–Kier alpha value is -4.88. The number of alkyl halides is 1. The van der Waals surface area contributed by atoms with Crippen LogP contribution in [0, 0.1) is 30.1 Å². The molecule has 1 aromatic carbocycles. The molecule has 0 atom stereocenters. The van der Waals surface area contributed by atoms with Crippen LogP contribution in [0.25, 0.3) is 32.2 Å². The number of hydrogen-bond donors (Lipinski definition) is 1. The van der Waals surface area contributed by atoms with Gasteiger partial charge < -0.3 is 10.0 Å². The van der Waals surface area contributed by atoms with Crippen molar-refractivity contribution in [3.05, 3.63) is 79.9 Å². The largest absolute Gasteiger partial charge is 0.478 e. The van der Waals surface area contributed by atoms with E-state index in [9.17, 15) is 24.3 Å². The lowest BCUT2D eigenvalue weighted by molar-refractivity contribution is 0.0699. The number of aryl methyl sites for hydroxylation is 1. The number of carbonyl (C=O) groups is 1. The lowest BCUT2D eigenvalue weighted by Gasteiger charge is -2.38. The van der Waals surface area contributed by atoms with Gasteiger partial charge in [0.15, 0.2) is 0 Å². The molecule has 0 spiro atoms. The van der Waals surface area contributed by atoms with Gasteiger partial charge in [-0.15, -0.1) is 11.3 Å². The van der Waals surface area contributed by atoms with Crippen molar-refractivity contribution in [3.8, 4) is 29.0 Å². The summed E-state index contributed by atoms with van der Waals surface area (Å²) in [7, 11) is 3.93. The number of nitriles is 1. The Morgan fingerprint density at radius 2 is 1.92 bits per heavy atom. The highest BCUT2D eigenvalue weighted by Gasteiger charge is 2.58. The van der Waals surface area contributed by atoms with Crippen LogP contribution in [0.3, 0.4) is 0 Å². The lowest BCUT2D eigenvalue weighted by Crippen LogP contribution is -2.45. The highest BCUT2D eigenvalue weighted by molar-refractivity contribution is 7.18. The molecule has 0 saturated heterocycles. The maximum absolute atomic E-state index is 14.1. The van der Waals surface area contributed by atoms with Gasteiger partial charge >= 0.3 is 5.97 Å². The van der Waals surface area contributed by atoms with E-state index in [1.54, 1.807) is 49.0 Å². The summed E-state index contributed by atoms with van der Waals surface area (Å²) < 4.78 is 15.4. The van der Waals surface area contributed by atoms with Gasteiger partial charge in [-0.05, 0) is 70.3 Å². The van der Waals surface area contributed by atoms with E-state index in [4.69, 9.17) is 11.6 Å². The van der Waals surface area contributed by atoms with Crippen LogP contribution in [0.15, 0.2) is 46.8 Å². The molecular weight excluding hydrogens is 677 g/mol. The number of halogens is 2. The van der Waals surface area contributed by atoms with Gasteiger partial charge in [0.05, 0.1) is 39.4 Å². The highest BCUT2D eigenvalue weighted by Crippen LogP contribution is 2.56. The molecule has 2 aliphatic rings. The van der Waals surface area contributed by atoms with Crippen molar-refractivity contribution < 1.29 is 14.3 Å². The summed E-state index contributed by atoms with van der Waals surface area (Å²) in [5, 5.41) is 22.3. The van der Waals surface area contributed by atoms with Crippen LogP contribution in [-0.2, 0) is 6.54 Å². The number of carboxylic acids is 1. The summed E-state index contributed by atoms with van der Waals surface area (Å²) in [5.74, 6) is 6.11. The van der Waals surface area contributed by atoms with Crippen molar-refractivity contribution in [2.45, 2.75) is 56.7 Å². The second kappa shape index (κ2) is 12.8. The van der Waals surface area contributed by atoms with Gasteiger partial charge in [0.2, 0.25) is 0 Å². The Morgan fingerprint density at radius 3 is 2.64 bits per heavy atom. The maximum atomic E-state index is 14.1. The van der Waals surface area contributed by atoms with E-state index in [-0.39, 0.29) is 39.7 Å². The first-order chi connectivity index (χ1) is 24.0. The number of rotatable bonds is 8. The Bertz CT molecular complexity index is 2360. The van der Waals surface area contributed by atoms with Crippen LogP contribution in [0.1, 0.15) is 59.4 Å². The van der Waals surface area contributed by atoms with E-state index in [1.807, 2.05) is 14.1 Å². The molecule has 2 fully saturated rings. The molecule has 4 aromatic heterocycles. The van der Waals surface area contributed by atoms with Crippen molar-refractivity contribution in [1.82, 2.24) is 24.4 Å². The predicted octanol–water partition coefficient (Wildman–Crippen LogP) is 6.44. The van der Waals surface area contributed by atoms with Crippen LogP contribution in [-0.4, -0.2) is 73.9 Å². The number of nitrogens with zero attached hydrogens (tertiary/aromatic N) is 7. The molecule has 0 aliphatic heterocycles. The number of hydrogen-bond acceptors (Lipinski definition) is 9. The second-order valence-electron chi connectivity index (χ2n) is 13.2. The third kappa shape index (κ3) is 5.39. The van der Waals surface area contributed by atoms with Gasteiger partial charge in [-0.25, -0.2) is 19.2 Å². The minimum absolute atomic E-state index is 0.00925. The Labute approximate surface area is 296 Å². The van der Waals surface area contributed by atoms with Crippen LogP contribution in [0.5, 0.6) is 0 Å². The van der Waals surface area contributed by atoms with E-state index in [1.165, 1.54) is 15.9 Å². The molecule has 13 heteroatoms. The first-order valence-corrected chi connectivity index (χ1v) is 17.5. The van der Waals surface area contributed by atoms with Crippen LogP contribution in [0.4, 0.5) is 10.2 Å². The van der Waals surface area contributed by atoms with Gasteiger partial charge in [0, 0.05) is 58.0 Å². The molecule has 50 heavy (non-hydrogen) atoms. The fraction of sp³-hybridized carbons (Fsp3) is 0.351. The van der Waals surface area contributed by atoms with Crippen molar-refractivity contribution in [1.29, 1.82) is 5.26 Å². The number of aromatic carboxylic acids is 1. The Morgan fingerprint density at radius 1 is 1.16 bits per heavy atom. The molecule has 2 bridgehead atoms.